The molecule has 0 aliphatic heterocycles. The van der Waals surface area contributed by atoms with Crippen LogP contribution in [0.5, 0.6) is 0 Å². The van der Waals surface area contributed by atoms with E-state index in [9.17, 15) is 0 Å². The van der Waals surface area contributed by atoms with Crippen LogP contribution >= 0.6 is 0 Å². The monoisotopic (exact) mass is 240 g/mol. The van der Waals surface area contributed by atoms with Gasteiger partial charge >= 0.3 is 0 Å². The number of hydrogen-bond donors (Lipinski definition) is 0. The third kappa shape index (κ3) is 2.93. The molecule has 0 bridgehead atoms. The normalized spacial score (nSPS) is 11.3. The lowest BCUT2D eigenvalue weighted by atomic mass is 9.92. The Morgan fingerprint density at radius 3 is 2.50 bits per heavy atom. The van der Waals surface area contributed by atoms with Gasteiger partial charge < -0.3 is 0 Å². The van der Waals surface area contributed by atoms with Crippen molar-refractivity contribution in [2.75, 3.05) is 0 Å². The van der Waals surface area contributed by atoms with Crippen LogP contribution in [0, 0.1) is 0 Å². The fourth-order valence-electron chi connectivity index (χ4n) is 2.61. The smallest absolute Gasteiger partial charge is 0.0149 e. The fourth-order valence-corrected chi connectivity index (χ4v) is 2.61. The van der Waals surface area contributed by atoms with Gasteiger partial charge in [0.05, 0.1) is 0 Å². The third-order valence-corrected chi connectivity index (χ3v) is 3.64. The van der Waals surface area contributed by atoms with Crippen molar-refractivity contribution in [2.45, 2.75) is 52.4 Å². The molecule has 0 aromatic heterocycles. The van der Waals surface area contributed by atoms with Gasteiger partial charge in [-0.05, 0) is 40.7 Å². The van der Waals surface area contributed by atoms with Gasteiger partial charge in [0, 0.05) is 0 Å². The molecule has 0 spiro atoms. The Labute approximate surface area is 111 Å². The lowest BCUT2D eigenvalue weighted by molar-refractivity contribution is 0.716. The number of hydrogen-bond acceptors (Lipinski definition) is 0. The molecule has 0 nitrogen and oxygen atoms in total. The van der Waals surface area contributed by atoms with Crippen LogP contribution in [-0.4, -0.2) is 0 Å². The molecule has 0 amide bonds. The van der Waals surface area contributed by atoms with E-state index in [1.54, 1.807) is 0 Å². The maximum Gasteiger partial charge on any atom is -0.0149 e. The lowest BCUT2D eigenvalue weighted by Crippen LogP contribution is -1.94. The summed E-state index contributed by atoms with van der Waals surface area (Å²) in [7, 11) is 0. The molecule has 2 aromatic carbocycles. The Bertz CT molecular complexity index is 508. The average molecular weight is 240 g/mol. The van der Waals surface area contributed by atoms with E-state index in [-0.39, 0.29) is 0 Å². The van der Waals surface area contributed by atoms with E-state index in [0.29, 0.717) is 5.92 Å². The number of rotatable bonds is 5. The second kappa shape index (κ2) is 6.04. The summed E-state index contributed by atoms with van der Waals surface area (Å²) < 4.78 is 0. The van der Waals surface area contributed by atoms with Gasteiger partial charge in [0.15, 0.2) is 0 Å². The first-order valence-electron chi connectivity index (χ1n) is 7.24. The van der Waals surface area contributed by atoms with E-state index in [2.05, 4.69) is 57.2 Å². The summed E-state index contributed by atoms with van der Waals surface area (Å²) in [6.07, 6.45) is 5.17. The van der Waals surface area contributed by atoms with Gasteiger partial charge in [0.2, 0.25) is 0 Å². The molecular formula is C18H24. The Balaban J connectivity index is 2.38. The van der Waals surface area contributed by atoms with E-state index < -0.39 is 0 Å². The molecule has 0 atom stereocenters. The summed E-state index contributed by atoms with van der Waals surface area (Å²) in [6, 6.07) is 13.6. The van der Waals surface area contributed by atoms with Gasteiger partial charge in [-0.25, -0.2) is 0 Å². The van der Waals surface area contributed by atoms with E-state index in [0.717, 1.165) is 0 Å². The predicted octanol–water partition coefficient (Wildman–Crippen LogP) is 5.70. The Hall–Kier alpha value is -1.30. The third-order valence-electron chi connectivity index (χ3n) is 3.64. The summed E-state index contributed by atoms with van der Waals surface area (Å²) >= 11 is 0. The highest BCUT2D eigenvalue weighted by Crippen LogP contribution is 2.27. The molecular weight excluding hydrogens is 216 g/mol. The minimum absolute atomic E-state index is 0.598. The quantitative estimate of drug-likeness (QED) is 0.588. The van der Waals surface area contributed by atoms with Gasteiger partial charge in [-0.15, -0.1) is 0 Å². The van der Waals surface area contributed by atoms with Crippen molar-refractivity contribution >= 4 is 10.8 Å². The predicted molar refractivity (Wildman–Crippen MR) is 81.3 cm³/mol. The summed E-state index contributed by atoms with van der Waals surface area (Å²) in [5.74, 6) is 0.598. The van der Waals surface area contributed by atoms with Crippen molar-refractivity contribution in [2.24, 2.45) is 0 Å². The first-order chi connectivity index (χ1) is 8.72. The maximum atomic E-state index is 2.42. The topological polar surface area (TPSA) is 0 Å². The van der Waals surface area contributed by atoms with Gasteiger partial charge in [0.1, 0.15) is 0 Å². The maximum absolute atomic E-state index is 2.42. The van der Waals surface area contributed by atoms with E-state index in [1.165, 1.54) is 47.6 Å². The molecule has 0 saturated carbocycles. The number of unbranched alkanes of at least 4 members (excludes halogenated alkanes) is 2. The van der Waals surface area contributed by atoms with Crippen LogP contribution in [0.3, 0.4) is 0 Å². The van der Waals surface area contributed by atoms with Gasteiger partial charge in [-0.3, -0.25) is 0 Å². The van der Waals surface area contributed by atoms with Gasteiger partial charge in [-0.2, -0.15) is 0 Å². The molecule has 0 unspecified atom stereocenters. The summed E-state index contributed by atoms with van der Waals surface area (Å²) in [5.41, 5.74) is 3.01. The molecule has 18 heavy (non-hydrogen) atoms. The number of benzene rings is 2. The largest absolute Gasteiger partial charge is 0.0654 e. The summed E-state index contributed by atoms with van der Waals surface area (Å²) in [4.78, 5) is 0. The Morgan fingerprint density at radius 1 is 1.00 bits per heavy atom. The van der Waals surface area contributed by atoms with Crippen molar-refractivity contribution in [1.29, 1.82) is 0 Å². The second-order valence-electron chi connectivity index (χ2n) is 5.52. The van der Waals surface area contributed by atoms with Crippen molar-refractivity contribution < 1.29 is 0 Å². The molecule has 0 aliphatic rings. The van der Waals surface area contributed by atoms with E-state index >= 15 is 0 Å². The molecule has 0 N–H and O–H groups in total. The van der Waals surface area contributed by atoms with Gasteiger partial charge in [0.25, 0.3) is 0 Å². The summed E-state index contributed by atoms with van der Waals surface area (Å²) in [5, 5.41) is 2.82. The first kappa shape index (κ1) is 13.1. The van der Waals surface area contributed by atoms with Crippen LogP contribution in [0.4, 0.5) is 0 Å². The molecule has 0 heteroatoms. The second-order valence-corrected chi connectivity index (χ2v) is 5.52. The zero-order chi connectivity index (χ0) is 13.0. The molecule has 0 radical (unpaired) electrons. The highest BCUT2D eigenvalue weighted by molar-refractivity contribution is 5.86. The van der Waals surface area contributed by atoms with E-state index in [1.807, 2.05) is 0 Å². The molecule has 2 aromatic rings. The van der Waals surface area contributed by atoms with Crippen molar-refractivity contribution in [3.8, 4) is 0 Å². The van der Waals surface area contributed by atoms with Crippen molar-refractivity contribution in [3.63, 3.8) is 0 Å². The Morgan fingerprint density at radius 2 is 1.78 bits per heavy atom. The minimum Gasteiger partial charge on any atom is -0.0654 e. The zero-order valence-electron chi connectivity index (χ0n) is 11.9. The van der Waals surface area contributed by atoms with Crippen LogP contribution in [0.2, 0.25) is 0 Å². The molecule has 0 saturated heterocycles. The van der Waals surface area contributed by atoms with Crippen LogP contribution in [-0.2, 0) is 6.42 Å². The van der Waals surface area contributed by atoms with Crippen LogP contribution in [0.1, 0.15) is 57.1 Å². The highest BCUT2D eigenvalue weighted by atomic mass is 14.1. The molecule has 0 heterocycles. The summed E-state index contributed by atoms with van der Waals surface area (Å²) in [6.45, 7) is 6.84. The Kier molecular flexibility index (Phi) is 4.41. The lowest BCUT2D eigenvalue weighted by Gasteiger charge is -2.13. The van der Waals surface area contributed by atoms with Crippen molar-refractivity contribution in [3.05, 3.63) is 47.5 Å². The highest BCUT2D eigenvalue weighted by Gasteiger charge is 2.07. The standard InChI is InChI=1S/C18H24/c1-4-5-6-9-15-12-16-10-7-8-11-17(16)18(13-15)14(2)3/h7-8,10-14H,4-6,9H2,1-3H3. The van der Waals surface area contributed by atoms with Gasteiger partial charge in [-0.1, -0.05) is 70.0 Å². The zero-order valence-corrected chi connectivity index (χ0v) is 11.9. The minimum atomic E-state index is 0.598. The van der Waals surface area contributed by atoms with Crippen LogP contribution < -0.4 is 0 Å². The molecule has 0 aliphatic carbocycles. The molecule has 2 rings (SSSR count). The van der Waals surface area contributed by atoms with Crippen LogP contribution in [0.25, 0.3) is 10.8 Å². The molecule has 0 fully saturated rings. The van der Waals surface area contributed by atoms with Crippen molar-refractivity contribution in [1.82, 2.24) is 0 Å². The van der Waals surface area contributed by atoms with Crippen LogP contribution in [0.15, 0.2) is 36.4 Å². The van der Waals surface area contributed by atoms with E-state index in [4.69, 9.17) is 0 Å². The number of fused-ring (bicyclic) bond motifs is 1. The first-order valence-corrected chi connectivity index (χ1v) is 7.24. The fraction of sp³-hybridized carbons (Fsp3) is 0.444. The average Bonchev–Trinajstić information content (AvgIpc) is 2.38. The molecule has 96 valence electrons. The SMILES string of the molecule is CCCCCc1cc(C(C)C)c2ccccc2c1. The number of aryl methyl sites for hydroxylation is 1.